The summed E-state index contributed by atoms with van der Waals surface area (Å²) in [5.41, 5.74) is 4.13. The number of likely N-dealkylation sites (tertiary alicyclic amines) is 1. The predicted octanol–water partition coefficient (Wildman–Crippen LogP) is 2.15. The van der Waals surface area contributed by atoms with Crippen LogP contribution < -0.4 is 0 Å². The maximum Gasteiger partial charge on any atom is 0.276 e. The topological polar surface area (TPSA) is 54.3 Å². The Balaban J connectivity index is 1.21. The number of rotatable bonds is 3. The maximum absolute atomic E-state index is 12.7. The van der Waals surface area contributed by atoms with Crippen molar-refractivity contribution in [2.45, 2.75) is 19.0 Å². The third-order valence-electron chi connectivity index (χ3n) is 5.52. The molecular formula is C21H21N5O. The number of benzene rings is 2. The Hall–Kier alpha value is -2.99. The normalized spacial score (nSPS) is 17.4. The van der Waals surface area contributed by atoms with Crippen LogP contribution in [0, 0.1) is 0 Å². The number of hydrogen-bond donors (Lipinski definition) is 0. The molecule has 136 valence electrons. The number of fused-ring (bicyclic) bond motifs is 1. The summed E-state index contributed by atoms with van der Waals surface area (Å²) in [6, 6.07) is 18.7. The Morgan fingerprint density at radius 1 is 0.963 bits per heavy atom. The lowest BCUT2D eigenvalue weighted by Crippen LogP contribution is -2.61. The van der Waals surface area contributed by atoms with Gasteiger partial charge < -0.3 is 4.90 Å². The smallest absolute Gasteiger partial charge is 0.276 e. The molecule has 5 rings (SSSR count). The Morgan fingerprint density at radius 3 is 2.52 bits per heavy atom. The van der Waals surface area contributed by atoms with E-state index in [9.17, 15) is 4.79 Å². The minimum atomic E-state index is -0.0363. The van der Waals surface area contributed by atoms with Gasteiger partial charge in [-0.3, -0.25) is 9.69 Å². The van der Waals surface area contributed by atoms with E-state index in [1.54, 1.807) is 6.20 Å². The highest BCUT2D eigenvalue weighted by atomic mass is 16.2. The van der Waals surface area contributed by atoms with Crippen LogP contribution in [0.4, 0.5) is 0 Å². The number of nitrogens with zero attached hydrogens (tertiary/aromatic N) is 5. The van der Waals surface area contributed by atoms with Crippen LogP contribution in [0.25, 0.3) is 5.69 Å². The van der Waals surface area contributed by atoms with Gasteiger partial charge in [-0.1, -0.05) is 42.5 Å². The van der Waals surface area contributed by atoms with E-state index in [2.05, 4.69) is 39.4 Å². The first kappa shape index (κ1) is 16.2. The van der Waals surface area contributed by atoms with Gasteiger partial charge in [-0.25, -0.2) is 0 Å². The lowest BCUT2D eigenvalue weighted by molar-refractivity contribution is 0.0214. The molecule has 0 radical (unpaired) electrons. The van der Waals surface area contributed by atoms with E-state index < -0.39 is 0 Å². The minimum Gasteiger partial charge on any atom is -0.334 e. The second-order valence-corrected chi connectivity index (χ2v) is 7.21. The quantitative estimate of drug-likeness (QED) is 0.719. The van der Waals surface area contributed by atoms with Gasteiger partial charge in [0.1, 0.15) is 0 Å². The van der Waals surface area contributed by atoms with Crippen LogP contribution in [0.1, 0.15) is 21.6 Å². The number of para-hydroxylation sites is 1. The minimum absolute atomic E-state index is 0.0363. The molecule has 6 nitrogen and oxygen atoms in total. The molecule has 0 unspecified atom stereocenters. The summed E-state index contributed by atoms with van der Waals surface area (Å²) in [4.78, 5) is 18.6. The van der Waals surface area contributed by atoms with Crippen molar-refractivity contribution in [2.75, 3.05) is 19.6 Å². The first-order chi connectivity index (χ1) is 13.3. The van der Waals surface area contributed by atoms with Crippen LogP contribution in [-0.4, -0.2) is 56.4 Å². The Labute approximate surface area is 158 Å². The Kier molecular flexibility index (Phi) is 3.98. The molecule has 0 saturated carbocycles. The number of carbonyl (C=O) groups excluding carboxylic acids is 1. The van der Waals surface area contributed by atoms with Crippen molar-refractivity contribution in [3.05, 3.63) is 77.6 Å². The van der Waals surface area contributed by atoms with E-state index in [1.165, 1.54) is 15.9 Å². The van der Waals surface area contributed by atoms with Crippen LogP contribution in [0.5, 0.6) is 0 Å². The average Bonchev–Trinajstić information content (AvgIpc) is 3.18. The molecule has 1 saturated heterocycles. The second kappa shape index (κ2) is 6.63. The van der Waals surface area contributed by atoms with Gasteiger partial charge in [-0.05, 0) is 29.7 Å². The zero-order valence-corrected chi connectivity index (χ0v) is 15.0. The summed E-state index contributed by atoms with van der Waals surface area (Å²) in [5, 5.41) is 8.58. The number of carbonyl (C=O) groups is 1. The molecule has 2 aliphatic heterocycles. The zero-order valence-electron chi connectivity index (χ0n) is 15.0. The van der Waals surface area contributed by atoms with Gasteiger partial charge >= 0.3 is 0 Å². The number of aromatic nitrogens is 3. The monoisotopic (exact) mass is 359 g/mol. The molecule has 0 aliphatic carbocycles. The number of hydrogen-bond acceptors (Lipinski definition) is 4. The van der Waals surface area contributed by atoms with Crippen LogP contribution in [0.2, 0.25) is 0 Å². The lowest BCUT2D eigenvalue weighted by Gasteiger charge is -2.46. The Bertz CT molecular complexity index is 961. The third kappa shape index (κ3) is 3.02. The molecule has 0 spiro atoms. The van der Waals surface area contributed by atoms with E-state index >= 15 is 0 Å². The first-order valence-electron chi connectivity index (χ1n) is 9.36. The predicted molar refractivity (Wildman–Crippen MR) is 102 cm³/mol. The van der Waals surface area contributed by atoms with Crippen molar-refractivity contribution >= 4 is 5.91 Å². The lowest BCUT2D eigenvalue weighted by atomic mass is 9.96. The van der Waals surface area contributed by atoms with Crippen molar-refractivity contribution < 1.29 is 4.79 Å². The standard InChI is InChI=1S/C21H21N5O/c27-21(20-12-22-26(23-20)18-8-2-1-3-9-18)25-14-19(15-25)24-11-10-16-6-4-5-7-17(16)13-24/h1-9,12,19H,10-11,13-15H2. The fourth-order valence-electron chi connectivity index (χ4n) is 3.89. The van der Waals surface area contributed by atoms with E-state index in [0.717, 1.165) is 38.3 Å². The molecule has 0 N–H and O–H groups in total. The van der Waals surface area contributed by atoms with Crippen LogP contribution >= 0.6 is 0 Å². The molecule has 1 amide bonds. The van der Waals surface area contributed by atoms with Crippen molar-refractivity contribution in [1.82, 2.24) is 24.8 Å². The average molecular weight is 359 g/mol. The molecule has 27 heavy (non-hydrogen) atoms. The van der Waals surface area contributed by atoms with Crippen molar-refractivity contribution in [1.29, 1.82) is 0 Å². The van der Waals surface area contributed by atoms with Gasteiger partial charge in [0.25, 0.3) is 5.91 Å². The fourth-order valence-corrected chi connectivity index (χ4v) is 3.89. The first-order valence-corrected chi connectivity index (χ1v) is 9.36. The van der Waals surface area contributed by atoms with E-state index in [1.807, 2.05) is 35.2 Å². The second-order valence-electron chi connectivity index (χ2n) is 7.21. The van der Waals surface area contributed by atoms with Crippen LogP contribution in [-0.2, 0) is 13.0 Å². The summed E-state index contributed by atoms with van der Waals surface area (Å²) in [7, 11) is 0. The molecule has 3 heterocycles. The molecule has 6 heteroatoms. The molecule has 1 aromatic heterocycles. The molecule has 3 aromatic rings. The Morgan fingerprint density at radius 2 is 1.70 bits per heavy atom. The summed E-state index contributed by atoms with van der Waals surface area (Å²) in [6.07, 6.45) is 2.64. The van der Waals surface area contributed by atoms with Crippen LogP contribution in [0.15, 0.2) is 60.8 Å². The molecule has 2 aliphatic rings. The molecular weight excluding hydrogens is 338 g/mol. The third-order valence-corrected chi connectivity index (χ3v) is 5.52. The summed E-state index contributed by atoms with van der Waals surface area (Å²) >= 11 is 0. The summed E-state index contributed by atoms with van der Waals surface area (Å²) < 4.78 is 0. The van der Waals surface area contributed by atoms with Gasteiger partial charge in [-0.2, -0.15) is 9.90 Å². The van der Waals surface area contributed by atoms with Gasteiger partial charge in [0.15, 0.2) is 5.69 Å². The molecule has 0 atom stereocenters. The van der Waals surface area contributed by atoms with Crippen molar-refractivity contribution in [3.8, 4) is 5.69 Å². The highest BCUT2D eigenvalue weighted by molar-refractivity contribution is 5.92. The highest BCUT2D eigenvalue weighted by Crippen LogP contribution is 2.25. The zero-order chi connectivity index (χ0) is 18.2. The summed E-state index contributed by atoms with van der Waals surface area (Å²) in [5.74, 6) is -0.0363. The highest BCUT2D eigenvalue weighted by Gasteiger charge is 2.37. The van der Waals surface area contributed by atoms with Crippen LogP contribution in [0.3, 0.4) is 0 Å². The van der Waals surface area contributed by atoms with E-state index in [0.29, 0.717) is 11.7 Å². The van der Waals surface area contributed by atoms with Gasteiger partial charge in [0.2, 0.25) is 0 Å². The molecule has 2 aromatic carbocycles. The van der Waals surface area contributed by atoms with Gasteiger partial charge in [-0.15, -0.1) is 5.10 Å². The molecule has 1 fully saturated rings. The summed E-state index contributed by atoms with van der Waals surface area (Å²) in [6.45, 7) is 3.57. The maximum atomic E-state index is 12.7. The van der Waals surface area contributed by atoms with E-state index in [4.69, 9.17) is 0 Å². The SMILES string of the molecule is O=C(c1cnn(-c2ccccc2)n1)N1CC(N2CCc3ccccc3C2)C1. The van der Waals surface area contributed by atoms with Crippen molar-refractivity contribution in [3.63, 3.8) is 0 Å². The fraction of sp³-hybridized carbons (Fsp3) is 0.286. The largest absolute Gasteiger partial charge is 0.334 e. The van der Waals surface area contributed by atoms with E-state index in [-0.39, 0.29) is 5.91 Å². The van der Waals surface area contributed by atoms with Gasteiger partial charge in [0.05, 0.1) is 11.9 Å². The molecule has 0 bridgehead atoms. The van der Waals surface area contributed by atoms with Gasteiger partial charge in [0, 0.05) is 32.2 Å². The van der Waals surface area contributed by atoms with Crippen molar-refractivity contribution in [2.24, 2.45) is 0 Å². The number of amides is 1.